The van der Waals surface area contributed by atoms with Crippen LogP contribution >= 0.6 is 0 Å². The first-order valence-electron chi connectivity index (χ1n) is 8.36. The predicted octanol–water partition coefficient (Wildman–Crippen LogP) is 3.14. The summed E-state index contributed by atoms with van der Waals surface area (Å²) >= 11 is 0. The first-order valence-corrected chi connectivity index (χ1v) is 8.36. The molecule has 2 rings (SSSR count). The Labute approximate surface area is 134 Å². The van der Waals surface area contributed by atoms with Crippen LogP contribution in [0.5, 0.6) is 0 Å². The zero-order valence-corrected chi connectivity index (χ0v) is 14.4. The maximum absolute atomic E-state index is 8.38. The Balaban J connectivity index is 2.04. The van der Waals surface area contributed by atoms with Gasteiger partial charge in [-0.05, 0) is 53.4 Å². The Morgan fingerprint density at radius 2 is 0.955 bits per heavy atom. The smallest absolute Gasteiger partial charge is 0.132 e. The molecule has 0 amide bonds. The summed E-state index contributed by atoms with van der Waals surface area (Å²) in [5.41, 5.74) is -1.26. The van der Waals surface area contributed by atoms with E-state index >= 15 is 0 Å². The molecule has 0 aromatic heterocycles. The highest BCUT2D eigenvalue weighted by Gasteiger charge is 2.33. The summed E-state index contributed by atoms with van der Waals surface area (Å²) < 4.78 is 0. The summed E-state index contributed by atoms with van der Waals surface area (Å²) in [6.07, 6.45) is 4.61. The summed E-state index contributed by atoms with van der Waals surface area (Å²) in [6.45, 7) is 11.5. The van der Waals surface area contributed by atoms with E-state index in [4.69, 9.17) is 10.8 Å². The Morgan fingerprint density at radius 1 is 0.682 bits per heavy atom. The second kappa shape index (κ2) is 6.34. The molecule has 0 aliphatic carbocycles. The van der Waals surface area contributed by atoms with Gasteiger partial charge in [0.15, 0.2) is 0 Å². The molecule has 2 aliphatic rings. The lowest BCUT2D eigenvalue weighted by Gasteiger charge is -2.31. The summed E-state index contributed by atoms with van der Waals surface area (Å²) in [7, 11) is 0. The molecular formula is C16H30N6. The van der Waals surface area contributed by atoms with Gasteiger partial charge < -0.3 is 9.80 Å². The molecule has 6 heteroatoms. The SMILES string of the molecule is CC(C)(N=NC(C)(C)C(=N)N1CCCC1)C(=N)N1CCCC1. The van der Waals surface area contributed by atoms with Gasteiger partial charge in [-0.15, -0.1) is 0 Å². The van der Waals surface area contributed by atoms with E-state index in [9.17, 15) is 0 Å². The third-order valence-electron chi connectivity index (χ3n) is 4.55. The maximum atomic E-state index is 8.38. The summed E-state index contributed by atoms with van der Waals surface area (Å²) in [5.74, 6) is 1.08. The zero-order valence-electron chi connectivity index (χ0n) is 14.4. The van der Waals surface area contributed by atoms with E-state index in [1.54, 1.807) is 0 Å². The van der Waals surface area contributed by atoms with E-state index in [0.29, 0.717) is 11.7 Å². The number of likely N-dealkylation sites (tertiary alicyclic amines) is 2. The third-order valence-corrected chi connectivity index (χ3v) is 4.55. The molecule has 0 aromatic carbocycles. The fourth-order valence-electron chi connectivity index (χ4n) is 3.00. The van der Waals surface area contributed by atoms with Crippen LogP contribution in [0.1, 0.15) is 53.4 Å². The largest absolute Gasteiger partial charge is 0.358 e. The van der Waals surface area contributed by atoms with Crippen LogP contribution < -0.4 is 0 Å². The minimum Gasteiger partial charge on any atom is -0.358 e. The van der Waals surface area contributed by atoms with Crippen LogP contribution in [0.4, 0.5) is 0 Å². The minimum atomic E-state index is -0.632. The Morgan fingerprint density at radius 3 is 1.23 bits per heavy atom. The molecule has 2 fully saturated rings. The van der Waals surface area contributed by atoms with Crippen molar-refractivity contribution < 1.29 is 0 Å². The van der Waals surface area contributed by atoms with Crippen molar-refractivity contribution in [1.82, 2.24) is 9.80 Å². The van der Waals surface area contributed by atoms with E-state index in [0.717, 1.165) is 51.9 Å². The monoisotopic (exact) mass is 306 g/mol. The number of amidine groups is 2. The number of hydrogen-bond donors (Lipinski definition) is 2. The Kier molecular flexibility index (Phi) is 4.87. The van der Waals surface area contributed by atoms with E-state index in [1.165, 1.54) is 0 Å². The molecule has 2 heterocycles. The highest BCUT2D eigenvalue weighted by molar-refractivity contribution is 5.89. The van der Waals surface area contributed by atoms with E-state index < -0.39 is 11.1 Å². The quantitative estimate of drug-likeness (QED) is 0.475. The van der Waals surface area contributed by atoms with Gasteiger partial charge in [-0.25, -0.2) is 0 Å². The van der Waals surface area contributed by atoms with Gasteiger partial charge >= 0.3 is 0 Å². The molecule has 0 aromatic rings. The van der Waals surface area contributed by atoms with Crippen molar-refractivity contribution in [3.8, 4) is 0 Å². The van der Waals surface area contributed by atoms with Gasteiger partial charge in [-0.1, -0.05) is 0 Å². The molecule has 0 atom stereocenters. The first kappa shape index (κ1) is 16.9. The first-order chi connectivity index (χ1) is 10.2. The molecule has 0 bridgehead atoms. The fourth-order valence-corrected chi connectivity index (χ4v) is 3.00. The lowest BCUT2D eigenvalue weighted by Crippen LogP contribution is -2.44. The van der Waals surface area contributed by atoms with Crippen molar-refractivity contribution >= 4 is 11.7 Å². The summed E-state index contributed by atoms with van der Waals surface area (Å²) in [6, 6.07) is 0. The molecule has 2 saturated heterocycles. The van der Waals surface area contributed by atoms with Gasteiger partial charge in [-0.2, -0.15) is 10.2 Å². The van der Waals surface area contributed by atoms with Crippen LogP contribution in [0.3, 0.4) is 0 Å². The van der Waals surface area contributed by atoms with Crippen molar-refractivity contribution in [2.24, 2.45) is 10.2 Å². The predicted molar refractivity (Wildman–Crippen MR) is 90.1 cm³/mol. The molecule has 0 spiro atoms. The molecular weight excluding hydrogens is 276 g/mol. The van der Waals surface area contributed by atoms with Gasteiger partial charge in [-0.3, -0.25) is 10.8 Å². The number of rotatable bonds is 4. The van der Waals surface area contributed by atoms with Crippen LogP contribution in [0.15, 0.2) is 10.2 Å². The van der Waals surface area contributed by atoms with Crippen molar-refractivity contribution in [3.05, 3.63) is 0 Å². The molecule has 0 saturated carbocycles. The van der Waals surface area contributed by atoms with Crippen molar-refractivity contribution in [1.29, 1.82) is 10.8 Å². The number of nitrogens with one attached hydrogen (secondary N) is 2. The lowest BCUT2D eigenvalue weighted by atomic mass is 10.0. The molecule has 124 valence electrons. The summed E-state index contributed by atoms with van der Waals surface area (Å²) in [4.78, 5) is 4.19. The molecule has 0 unspecified atom stereocenters. The standard InChI is InChI=1S/C16H30N6/c1-15(2,13(17)21-9-5-6-10-21)19-20-16(3,4)14(18)22-11-7-8-12-22/h17-18H,5-12H2,1-4H3. The number of azo groups is 1. The van der Waals surface area contributed by atoms with Crippen molar-refractivity contribution in [2.75, 3.05) is 26.2 Å². The summed E-state index contributed by atoms with van der Waals surface area (Å²) in [5, 5.41) is 25.7. The van der Waals surface area contributed by atoms with E-state index in [-0.39, 0.29) is 0 Å². The van der Waals surface area contributed by atoms with Crippen LogP contribution in [-0.4, -0.2) is 58.7 Å². The average molecular weight is 306 g/mol. The van der Waals surface area contributed by atoms with Gasteiger partial charge in [0.05, 0.1) is 0 Å². The molecule has 2 N–H and O–H groups in total. The van der Waals surface area contributed by atoms with Crippen LogP contribution in [0.25, 0.3) is 0 Å². The second-order valence-electron chi connectivity index (χ2n) is 7.40. The normalized spacial score (nSPS) is 20.2. The highest BCUT2D eigenvalue weighted by Crippen LogP contribution is 2.23. The molecule has 2 aliphatic heterocycles. The Hall–Kier alpha value is -1.46. The number of nitrogens with zero attached hydrogens (tertiary/aromatic N) is 4. The molecule has 22 heavy (non-hydrogen) atoms. The topological polar surface area (TPSA) is 78.9 Å². The van der Waals surface area contributed by atoms with Crippen molar-refractivity contribution in [2.45, 2.75) is 64.5 Å². The van der Waals surface area contributed by atoms with Gasteiger partial charge in [0.25, 0.3) is 0 Å². The van der Waals surface area contributed by atoms with E-state index in [1.807, 2.05) is 27.7 Å². The molecule has 0 radical (unpaired) electrons. The van der Waals surface area contributed by atoms with Crippen molar-refractivity contribution in [3.63, 3.8) is 0 Å². The fraction of sp³-hybridized carbons (Fsp3) is 0.875. The van der Waals surface area contributed by atoms with Gasteiger partial charge in [0.1, 0.15) is 22.7 Å². The average Bonchev–Trinajstić information content (AvgIpc) is 3.16. The zero-order chi connectivity index (χ0) is 16.4. The van der Waals surface area contributed by atoms with E-state index in [2.05, 4.69) is 20.0 Å². The van der Waals surface area contributed by atoms with Crippen LogP contribution in [0.2, 0.25) is 0 Å². The van der Waals surface area contributed by atoms with Gasteiger partial charge in [0, 0.05) is 26.2 Å². The molecule has 6 nitrogen and oxygen atoms in total. The highest BCUT2D eigenvalue weighted by atomic mass is 15.3. The maximum Gasteiger partial charge on any atom is 0.132 e. The number of hydrogen-bond acceptors (Lipinski definition) is 4. The van der Waals surface area contributed by atoms with Crippen LogP contribution in [-0.2, 0) is 0 Å². The van der Waals surface area contributed by atoms with Gasteiger partial charge in [0.2, 0.25) is 0 Å². The lowest BCUT2D eigenvalue weighted by molar-refractivity contribution is 0.429. The minimum absolute atomic E-state index is 0.539. The van der Waals surface area contributed by atoms with Crippen LogP contribution in [0, 0.1) is 10.8 Å². The Bertz CT molecular complexity index is 411. The third kappa shape index (κ3) is 3.65. The second-order valence-corrected chi connectivity index (χ2v) is 7.40.